The van der Waals surface area contributed by atoms with Gasteiger partial charge in [0.15, 0.2) is 0 Å². The van der Waals surface area contributed by atoms with Gasteiger partial charge in [0.25, 0.3) is 0 Å². The molecule has 0 spiro atoms. The molecule has 4 heteroatoms. The highest BCUT2D eigenvalue weighted by molar-refractivity contribution is 7.11. The van der Waals surface area contributed by atoms with Gasteiger partial charge in [0.2, 0.25) is 0 Å². The highest BCUT2D eigenvalue weighted by atomic mass is 35.5. The Bertz CT molecular complexity index is 531. The van der Waals surface area contributed by atoms with Crippen molar-refractivity contribution in [1.82, 2.24) is 4.98 Å². The first-order valence-corrected chi connectivity index (χ1v) is 7.66. The molecule has 1 heterocycles. The number of halogens is 1. The third-order valence-electron chi connectivity index (χ3n) is 3.34. The Kier molecular flexibility index (Phi) is 4.97. The van der Waals surface area contributed by atoms with Crippen LogP contribution in [0.2, 0.25) is 5.02 Å². The van der Waals surface area contributed by atoms with Gasteiger partial charge >= 0.3 is 0 Å². The monoisotopic (exact) mass is 294 g/mol. The molecule has 1 aromatic heterocycles. The maximum atomic E-state index is 6.20. The maximum absolute atomic E-state index is 6.20. The molecule has 1 unspecified atom stereocenters. The third kappa shape index (κ3) is 3.78. The molecule has 0 saturated heterocycles. The van der Waals surface area contributed by atoms with E-state index in [1.807, 2.05) is 18.2 Å². The molecule has 0 bridgehead atoms. The lowest BCUT2D eigenvalue weighted by molar-refractivity contribution is 0.532. The lowest BCUT2D eigenvalue weighted by atomic mass is 9.96. The lowest BCUT2D eigenvalue weighted by Gasteiger charge is -2.14. The molecule has 1 aromatic carbocycles. The van der Waals surface area contributed by atoms with Gasteiger partial charge in [0.05, 0.1) is 10.7 Å². The molecule has 0 saturated carbocycles. The van der Waals surface area contributed by atoms with Crippen molar-refractivity contribution in [3.05, 3.63) is 50.4 Å². The molecule has 0 amide bonds. The molecule has 2 aromatic rings. The Morgan fingerprint density at radius 1 is 1.26 bits per heavy atom. The summed E-state index contributed by atoms with van der Waals surface area (Å²) in [6.07, 6.45) is 1.84. The van der Waals surface area contributed by atoms with E-state index in [9.17, 15) is 0 Å². The maximum Gasteiger partial charge on any atom is 0.0934 e. The SMILES string of the molecule is Cc1nc(CC(CN)Cc2ccccc2Cl)sc1C. The van der Waals surface area contributed by atoms with E-state index in [1.54, 1.807) is 11.3 Å². The average molecular weight is 295 g/mol. The summed E-state index contributed by atoms with van der Waals surface area (Å²) in [6, 6.07) is 7.98. The van der Waals surface area contributed by atoms with Crippen LogP contribution in [0.4, 0.5) is 0 Å². The lowest BCUT2D eigenvalue weighted by Crippen LogP contribution is -2.19. The first kappa shape index (κ1) is 14.5. The van der Waals surface area contributed by atoms with Crippen molar-refractivity contribution in [3.8, 4) is 0 Å². The minimum atomic E-state index is 0.393. The van der Waals surface area contributed by atoms with E-state index in [0.29, 0.717) is 12.5 Å². The highest BCUT2D eigenvalue weighted by Gasteiger charge is 2.14. The summed E-state index contributed by atoms with van der Waals surface area (Å²) in [5.41, 5.74) is 8.20. The molecule has 2 nitrogen and oxygen atoms in total. The fraction of sp³-hybridized carbons (Fsp3) is 0.400. The van der Waals surface area contributed by atoms with Crippen LogP contribution in [0.25, 0.3) is 0 Å². The van der Waals surface area contributed by atoms with Gasteiger partial charge in [-0.3, -0.25) is 0 Å². The van der Waals surface area contributed by atoms with Crippen molar-refractivity contribution < 1.29 is 0 Å². The zero-order valence-corrected chi connectivity index (χ0v) is 12.9. The van der Waals surface area contributed by atoms with Gasteiger partial charge in [-0.2, -0.15) is 0 Å². The standard InChI is InChI=1S/C15H19ClN2S/c1-10-11(2)19-15(18-10)8-12(9-17)7-13-5-3-4-6-14(13)16/h3-6,12H,7-9,17H2,1-2H3. The number of aryl methyl sites for hydroxylation is 2. The summed E-state index contributed by atoms with van der Waals surface area (Å²) in [6.45, 7) is 4.83. The highest BCUT2D eigenvalue weighted by Crippen LogP contribution is 2.23. The Labute approximate surface area is 123 Å². The summed E-state index contributed by atoms with van der Waals surface area (Å²) < 4.78 is 0. The van der Waals surface area contributed by atoms with Gasteiger partial charge < -0.3 is 5.73 Å². The minimum Gasteiger partial charge on any atom is -0.330 e. The molecule has 102 valence electrons. The molecule has 0 aliphatic heterocycles. The van der Waals surface area contributed by atoms with Gasteiger partial charge in [-0.1, -0.05) is 29.8 Å². The van der Waals surface area contributed by atoms with Crippen molar-refractivity contribution in [2.45, 2.75) is 26.7 Å². The number of nitrogens with two attached hydrogens (primary N) is 1. The van der Waals surface area contributed by atoms with Gasteiger partial charge in [0, 0.05) is 16.3 Å². The minimum absolute atomic E-state index is 0.393. The van der Waals surface area contributed by atoms with Gasteiger partial charge in [-0.05, 0) is 44.4 Å². The largest absolute Gasteiger partial charge is 0.330 e. The van der Waals surface area contributed by atoms with Crippen LogP contribution in [-0.2, 0) is 12.8 Å². The second kappa shape index (κ2) is 6.51. The molecular weight excluding hydrogens is 276 g/mol. The van der Waals surface area contributed by atoms with Crippen molar-refractivity contribution in [1.29, 1.82) is 0 Å². The van der Waals surface area contributed by atoms with E-state index in [2.05, 4.69) is 24.9 Å². The van der Waals surface area contributed by atoms with E-state index in [1.165, 1.54) is 15.4 Å². The van der Waals surface area contributed by atoms with Crippen molar-refractivity contribution in [3.63, 3.8) is 0 Å². The van der Waals surface area contributed by atoms with Crippen molar-refractivity contribution in [2.24, 2.45) is 11.7 Å². The molecule has 0 radical (unpaired) electrons. The fourth-order valence-electron chi connectivity index (χ4n) is 2.09. The van der Waals surface area contributed by atoms with E-state index in [-0.39, 0.29) is 0 Å². The quantitative estimate of drug-likeness (QED) is 0.911. The summed E-state index contributed by atoms with van der Waals surface area (Å²) in [4.78, 5) is 5.89. The molecule has 0 aliphatic rings. The summed E-state index contributed by atoms with van der Waals surface area (Å²) in [7, 11) is 0. The molecule has 0 fully saturated rings. The molecule has 0 aliphatic carbocycles. The van der Waals surface area contributed by atoms with Crippen LogP contribution in [0, 0.1) is 19.8 Å². The van der Waals surface area contributed by atoms with Crippen LogP contribution in [0.1, 0.15) is 21.1 Å². The Morgan fingerprint density at radius 2 is 2.00 bits per heavy atom. The number of hydrogen-bond donors (Lipinski definition) is 1. The normalized spacial score (nSPS) is 12.6. The smallest absolute Gasteiger partial charge is 0.0934 e. The van der Waals surface area contributed by atoms with Crippen molar-refractivity contribution in [2.75, 3.05) is 6.54 Å². The Hall–Kier alpha value is -0.900. The van der Waals surface area contributed by atoms with E-state index in [4.69, 9.17) is 17.3 Å². The average Bonchev–Trinajstić information content (AvgIpc) is 2.70. The van der Waals surface area contributed by atoms with Gasteiger partial charge in [0.1, 0.15) is 0 Å². The zero-order valence-electron chi connectivity index (χ0n) is 11.3. The number of thiazole rings is 1. The summed E-state index contributed by atoms with van der Waals surface area (Å²) in [5.74, 6) is 0.393. The van der Waals surface area contributed by atoms with Crippen LogP contribution in [0.15, 0.2) is 24.3 Å². The van der Waals surface area contributed by atoms with Crippen LogP contribution in [0.5, 0.6) is 0 Å². The topological polar surface area (TPSA) is 38.9 Å². The van der Waals surface area contributed by atoms with E-state index in [0.717, 1.165) is 23.6 Å². The van der Waals surface area contributed by atoms with E-state index >= 15 is 0 Å². The van der Waals surface area contributed by atoms with Gasteiger partial charge in [-0.15, -0.1) is 11.3 Å². The number of hydrogen-bond acceptors (Lipinski definition) is 3. The van der Waals surface area contributed by atoms with Crippen LogP contribution >= 0.6 is 22.9 Å². The predicted octanol–water partition coefficient (Wildman–Crippen LogP) is 3.77. The molecule has 1 atom stereocenters. The number of benzene rings is 1. The second-order valence-corrected chi connectivity index (χ2v) is 6.55. The third-order valence-corrected chi connectivity index (χ3v) is 4.80. The predicted molar refractivity (Wildman–Crippen MR) is 83.0 cm³/mol. The summed E-state index contributed by atoms with van der Waals surface area (Å²) >= 11 is 7.98. The molecular formula is C15H19ClN2S. The first-order valence-electron chi connectivity index (χ1n) is 6.46. The zero-order chi connectivity index (χ0) is 13.8. The Morgan fingerprint density at radius 3 is 2.58 bits per heavy atom. The Balaban J connectivity index is 2.07. The molecule has 2 rings (SSSR count). The first-order chi connectivity index (χ1) is 9.10. The molecule has 19 heavy (non-hydrogen) atoms. The second-order valence-electron chi connectivity index (χ2n) is 4.85. The number of nitrogens with zero attached hydrogens (tertiary/aromatic N) is 1. The van der Waals surface area contributed by atoms with Crippen LogP contribution in [0.3, 0.4) is 0 Å². The summed E-state index contributed by atoms with van der Waals surface area (Å²) in [5, 5.41) is 2.00. The fourth-order valence-corrected chi connectivity index (χ4v) is 3.35. The van der Waals surface area contributed by atoms with E-state index < -0.39 is 0 Å². The number of rotatable bonds is 5. The number of aromatic nitrogens is 1. The van der Waals surface area contributed by atoms with Gasteiger partial charge in [-0.25, -0.2) is 4.98 Å². The van der Waals surface area contributed by atoms with Crippen molar-refractivity contribution >= 4 is 22.9 Å². The van der Waals surface area contributed by atoms with Crippen LogP contribution in [-0.4, -0.2) is 11.5 Å². The van der Waals surface area contributed by atoms with Crippen LogP contribution < -0.4 is 5.73 Å². The molecule has 2 N–H and O–H groups in total.